The molecule has 4 rings (SSSR count). The van der Waals surface area contributed by atoms with Gasteiger partial charge in [0, 0.05) is 47.2 Å². The lowest BCUT2D eigenvalue weighted by Gasteiger charge is -2.31. The van der Waals surface area contributed by atoms with Gasteiger partial charge in [-0.25, -0.2) is 0 Å². The summed E-state index contributed by atoms with van der Waals surface area (Å²) in [5.74, 6) is 0.252. The number of nitrogens with one attached hydrogen (secondary N) is 1. The summed E-state index contributed by atoms with van der Waals surface area (Å²) in [4.78, 5) is 27.3. The van der Waals surface area contributed by atoms with Crippen LogP contribution in [0.2, 0.25) is 0 Å². The van der Waals surface area contributed by atoms with Gasteiger partial charge in [-0.2, -0.15) is 0 Å². The van der Waals surface area contributed by atoms with E-state index in [9.17, 15) is 9.59 Å². The minimum Gasteiger partial charge on any atom is -0.384 e. The predicted octanol–water partition coefficient (Wildman–Crippen LogP) is 3.05. The maximum atomic E-state index is 12.8. The van der Waals surface area contributed by atoms with Crippen LogP contribution in [0.3, 0.4) is 0 Å². The predicted molar refractivity (Wildman–Crippen MR) is 113 cm³/mol. The number of nitrogens with two attached hydrogens (primary N) is 1. The van der Waals surface area contributed by atoms with E-state index in [1.807, 2.05) is 64.2 Å². The van der Waals surface area contributed by atoms with Gasteiger partial charge in [-0.1, -0.05) is 30.3 Å². The molecule has 2 heterocycles. The molecule has 0 unspecified atom stereocenters. The number of piperidine rings is 1. The van der Waals surface area contributed by atoms with Crippen LogP contribution in [0.15, 0.2) is 60.8 Å². The van der Waals surface area contributed by atoms with Gasteiger partial charge in [0.25, 0.3) is 0 Å². The van der Waals surface area contributed by atoms with Crippen LogP contribution in [0, 0.1) is 11.3 Å². The lowest BCUT2D eigenvalue weighted by molar-refractivity contribution is -0.133. The Balaban J connectivity index is 1.38. The maximum Gasteiger partial charge on any atom is 0.242 e. The Hall–Kier alpha value is -3.41. The van der Waals surface area contributed by atoms with Gasteiger partial charge >= 0.3 is 0 Å². The minimum absolute atomic E-state index is 0.0149. The van der Waals surface area contributed by atoms with Crippen LogP contribution in [0.1, 0.15) is 28.8 Å². The van der Waals surface area contributed by atoms with Crippen molar-refractivity contribution < 1.29 is 9.59 Å². The van der Waals surface area contributed by atoms with E-state index < -0.39 is 0 Å². The van der Waals surface area contributed by atoms with Crippen LogP contribution in [0.5, 0.6) is 0 Å². The molecule has 3 N–H and O–H groups in total. The van der Waals surface area contributed by atoms with E-state index in [1.165, 1.54) is 0 Å². The van der Waals surface area contributed by atoms with Crippen molar-refractivity contribution >= 4 is 28.4 Å². The molecule has 2 aromatic carbocycles. The van der Waals surface area contributed by atoms with E-state index >= 15 is 0 Å². The Morgan fingerprint density at radius 2 is 1.72 bits per heavy atom. The van der Waals surface area contributed by atoms with Crippen molar-refractivity contribution in [1.29, 1.82) is 5.41 Å². The molecule has 29 heavy (non-hydrogen) atoms. The van der Waals surface area contributed by atoms with Crippen molar-refractivity contribution in [3.8, 4) is 0 Å². The fraction of sp³-hybridized carbons (Fsp3) is 0.261. The van der Waals surface area contributed by atoms with Crippen LogP contribution < -0.4 is 5.73 Å². The van der Waals surface area contributed by atoms with Crippen molar-refractivity contribution in [3.05, 3.63) is 71.9 Å². The molecule has 3 aromatic rings. The van der Waals surface area contributed by atoms with Crippen molar-refractivity contribution in [2.45, 2.75) is 19.4 Å². The van der Waals surface area contributed by atoms with E-state index in [0.717, 1.165) is 16.5 Å². The molecule has 6 nitrogen and oxygen atoms in total. The molecule has 6 heteroatoms. The number of ketones is 1. The Bertz CT molecular complexity index is 1060. The molecule has 1 aliphatic rings. The molecule has 1 fully saturated rings. The highest BCUT2D eigenvalue weighted by Gasteiger charge is 2.28. The van der Waals surface area contributed by atoms with Crippen LogP contribution in [-0.4, -0.2) is 40.1 Å². The SMILES string of the molecule is N=C(N)c1ccc2c(ccn2CC(=O)N2CCC(C(=O)c3ccccc3)CC2)c1. The van der Waals surface area contributed by atoms with Crippen molar-refractivity contribution in [2.24, 2.45) is 11.7 Å². The largest absolute Gasteiger partial charge is 0.384 e. The number of hydrogen-bond donors (Lipinski definition) is 2. The molecule has 0 bridgehead atoms. The summed E-state index contributed by atoms with van der Waals surface area (Å²) in [6.45, 7) is 1.48. The third kappa shape index (κ3) is 3.92. The summed E-state index contributed by atoms with van der Waals surface area (Å²) >= 11 is 0. The topological polar surface area (TPSA) is 92.2 Å². The Morgan fingerprint density at radius 1 is 1.00 bits per heavy atom. The molecular weight excluding hydrogens is 364 g/mol. The fourth-order valence-electron chi connectivity index (χ4n) is 3.98. The van der Waals surface area contributed by atoms with Gasteiger partial charge in [0.1, 0.15) is 12.4 Å². The molecule has 0 atom stereocenters. The first-order valence-electron chi connectivity index (χ1n) is 9.83. The zero-order valence-electron chi connectivity index (χ0n) is 16.2. The lowest BCUT2D eigenvalue weighted by atomic mass is 9.89. The van der Waals surface area contributed by atoms with E-state index in [2.05, 4.69) is 0 Å². The Labute approximate surface area is 169 Å². The number of amides is 1. The smallest absolute Gasteiger partial charge is 0.242 e. The molecule has 0 saturated carbocycles. The molecule has 0 spiro atoms. The molecule has 1 aromatic heterocycles. The van der Waals surface area contributed by atoms with E-state index in [0.29, 0.717) is 31.5 Å². The number of rotatable bonds is 5. The van der Waals surface area contributed by atoms with E-state index in [4.69, 9.17) is 11.1 Å². The Morgan fingerprint density at radius 3 is 2.41 bits per heavy atom. The molecule has 148 valence electrons. The minimum atomic E-state index is -0.0149. The lowest BCUT2D eigenvalue weighted by Crippen LogP contribution is -2.41. The van der Waals surface area contributed by atoms with Crippen molar-refractivity contribution in [1.82, 2.24) is 9.47 Å². The number of hydrogen-bond acceptors (Lipinski definition) is 3. The first kappa shape index (κ1) is 18.9. The summed E-state index contributed by atoms with van der Waals surface area (Å²) in [5.41, 5.74) is 7.92. The van der Waals surface area contributed by atoms with Crippen LogP contribution in [0.4, 0.5) is 0 Å². The van der Waals surface area contributed by atoms with Gasteiger partial charge in [0.05, 0.1) is 0 Å². The Kier molecular flexibility index (Phi) is 5.16. The highest BCUT2D eigenvalue weighted by molar-refractivity contribution is 5.99. The van der Waals surface area contributed by atoms with Gasteiger partial charge in [0.2, 0.25) is 5.91 Å². The number of nitrogens with zero attached hydrogens (tertiary/aromatic N) is 2. The molecule has 1 aliphatic heterocycles. The summed E-state index contributed by atoms with van der Waals surface area (Å²) in [6, 6.07) is 16.9. The number of carbonyl (C=O) groups is 2. The third-order valence-electron chi connectivity index (χ3n) is 5.66. The fourth-order valence-corrected chi connectivity index (χ4v) is 3.98. The molecule has 1 amide bonds. The average molecular weight is 388 g/mol. The molecular formula is C23H24N4O2. The first-order valence-corrected chi connectivity index (χ1v) is 9.83. The van der Waals surface area contributed by atoms with Gasteiger partial charge < -0.3 is 15.2 Å². The van der Waals surface area contributed by atoms with Crippen LogP contribution in [-0.2, 0) is 11.3 Å². The van der Waals surface area contributed by atoms with Gasteiger partial charge in [-0.3, -0.25) is 15.0 Å². The quantitative estimate of drug-likeness (QED) is 0.400. The number of nitrogen functional groups attached to an aromatic ring is 1. The number of Topliss-reactive ketones (excluding diaryl/α,β-unsaturated/α-hetero) is 1. The zero-order chi connectivity index (χ0) is 20.4. The van der Waals surface area contributed by atoms with Crippen molar-refractivity contribution in [3.63, 3.8) is 0 Å². The molecule has 0 aliphatic carbocycles. The second-order valence-electron chi connectivity index (χ2n) is 7.52. The number of aromatic nitrogens is 1. The average Bonchev–Trinajstić information content (AvgIpc) is 3.16. The summed E-state index contributed by atoms with van der Waals surface area (Å²) in [5, 5.41) is 8.51. The summed E-state index contributed by atoms with van der Waals surface area (Å²) in [7, 11) is 0. The summed E-state index contributed by atoms with van der Waals surface area (Å²) < 4.78 is 1.92. The molecule has 1 saturated heterocycles. The van der Waals surface area contributed by atoms with Crippen molar-refractivity contribution in [2.75, 3.05) is 13.1 Å². The molecule has 0 radical (unpaired) electrons. The van der Waals surface area contributed by atoms with E-state index in [1.54, 1.807) is 6.07 Å². The number of fused-ring (bicyclic) bond motifs is 1. The third-order valence-corrected chi connectivity index (χ3v) is 5.66. The van der Waals surface area contributed by atoms with E-state index in [-0.39, 0.29) is 30.0 Å². The van der Waals surface area contributed by atoms with Crippen LogP contribution >= 0.6 is 0 Å². The summed E-state index contributed by atoms with van der Waals surface area (Å²) in [6.07, 6.45) is 3.29. The highest BCUT2D eigenvalue weighted by atomic mass is 16.2. The standard InChI is InChI=1S/C23H24N4O2/c24-23(25)19-6-7-20-18(14-19)10-13-27(20)15-21(28)26-11-8-17(9-12-26)22(29)16-4-2-1-3-5-16/h1-7,10,13-14,17H,8-9,11-12,15H2,(H3,24,25). The van der Waals surface area contributed by atoms with Gasteiger partial charge in [-0.05, 0) is 37.1 Å². The highest BCUT2D eigenvalue weighted by Crippen LogP contribution is 2.23. The number of likely N-dealkylation sites (tertiary alicyclic amines) is 1. The second-order valence-corrected chi connectivity index (χ2v) is 7.52. The second kappa shape index (κ2) is 7.91. The van der Waals surface area contributed by atoms with Gasteiger partial charge in [-0.15, -0.1) is 0 Å². The normalized spacial score (nSPS) is 14.8. The number of amidine groups is 1. The maximum absolute atomic E-state index is 12.8. The van der Waals surface area contributed by atoms with Gasteiger partial charge in [0.15, 0.2) is 5.78 Å². The van der Waals surface area contributed by atoms with Crippen LogP contribution in [0.25, 0.3) is 10.9 Å². The zero-order valence-corrected chi connectivity index (χ0v) is 16.2. The number of benzene rings is 2. The monoisotopic (exact) mass is 388 g/mol. The first-order chi connectivity index (χ1) is 14.0. The number of carbonyl (C=O) groups excluding carboxylic acids is 2.